The molecule has 1 atom stereocenters. The first-order chi connectivity index (χ1) is 10.9. The van der Waals surface area contributed by atoms with Crippen LogP contribution in [0.15, 0.2) is 23.4 Å². The maximum Gasteiger partial charge on any atom is 0.171 e. The number of carbonyl (C=O) groups is 1. The maximum absolute atomic E-state index is 12.1. The highest BCUT2D eigenvalue weighted by Crippen LogP contribution is 2.40. The van der Waals surface area contributed by atoms with E-state index in [2.05, 4.69) is 10.6 Å². The van der Waals surface area contributed by atoms with E-state index < -0.39 is 6.04 Å². The number of allylic oxidation sites excluding steroid dienone is 1. The normalized spacial score (nSPS) is 17.3. The molecule has 1 aliphatic rings. The highest BCUT2D eigenvalue weighted by atomic mass is 32.1. The molecule has 0 saturated heterocycles. The molecule has 0 saturated carbocycles. The smallest absolute Gasteiger partial charge is 0.171 e. The quantitative estimate of drug-likeness (QED) is 0.798. The number of ether oxygens (including phenoxy) is 3. The summed E-state index contributed by atoms with van der Waals surface area (Å²) in [6, 6.07) is 3.10. The molecule has 124 valence electrons. The Bertz CT molecular complexity index is 685. The number of hydrogen-bond acceptors (Lipinski definition) is 5. The third kappa shape index (κ3) is 3.24. The monoisotopic (exact) mass is 336 g/mol. The number of thiocarbonyl (C=S) groups is 1. The summed E-state index contributed by atoms with van der Waals surface area (Å²) in [6.45, 7) is 3.35. The Morgan fingerprint density at radius 2 is 1.65 bits per heavy atom. The maximum atomic E-state index is 12.1. The van der Waals surface area contributed by atoms with Gasteiger partial charge in [-0.05, 0) is 32.1 Å². The molecule has 6 nitrogen and oxygen atoms in total. The number of methoxy groups -OCH3 is 3. The van der Waals surface area contributed by atoms with Crippen LogP contribution >= 0.6 is 12.2 Å². The van der Waals surface area contributed by atoms with E-state index in [9.17, 15) is 4.79 Å². The van der Waals surface area contributed by atoms with Gasteiger partial charge in [0.05, 0.1) is 27.4 Å². The van der Waals surface area contributed by atoms with Gasteiger partial charge in [-0.3, -0.25) is 4.79 Å². The van der Waals surface area contributed by atoms with Gasteiger partial charge >= 0.3 is 0 Å². The first kappa shape index (κ1) is 17.1. The molecule has 1 aromatic carbocycles. The molecule has 0 amide bonds. The van der Waals surface area contributed by atoms with E-state index in [4.69, 9.17) is 26.4 Å². The van der Waals surface area contributed by atoms with Crippen molar-refractivity contribution in [3.8, 4) is 17.2 Å². The van der Waals surface area contributed by atoms with Crippen molar-refractivity contribution in [2.45, 2.75) is 19.9 Å². The van der Waals surface area contributed by atoms with Crippen molar-refractivity contribution in [3.05, 3.63) is 29.0 Å². The van der Waals surface area contributed by atoms with Gasteiger partial charge in [0, 0.05) is 22.9 Å². The van der Waals surface area contributed by atoms with Crippen LogP contribution in [0.1, 0.15) is 25.5 Å². The molecule has 0 fully saturated rings. The highest BCUT2D eigenvalue weighted by molar-refractivity contribution is 7.80. The second-order valence-corrected chi connectivity index (χ2v) is 5.48. The average Bonchev–Trinajstić information content (AvgIpc) is 2.52. The summed E-state index contributed by atoms with van der Waals surface area (Å²) in [5.74, 6) is 1.63. The van der Waals surface area contributed by atoms with Crippen LogP contribution < -0.4 is 24.8 Å². The van der Waals surface area contributed by atoms with E-state index >= 15 is 0 Å². The molecule has 0 spiro atoms. The van der Waals surface area contributed by atoms with Crippen molar-refractivity contribution in [1.82, 2.24) is 10.6 Å². The third-order valence-corrected chi connectivity index (χ3v) is 3.92. The van der Waals surface area contributed by atoms with Gasteiger partial charge in [-0.25, -0.2) is 0 Å². The first-order valence-electron chi connectivity index (χ1n) is 7.02. The van der Waals surface area contributed by atoms with Gasteiger partial charge < -0.3 is 24.8 Å². The fourth-order valence-electron chi connectivity index (χ4n) is 2.67. The molecule has 1 unspecified atom stereocenters. The van der Waals surface area contributed by atoms with Crippen LogP contribution in [0.4, 0.5) is 0 Å². The predicted molar refractivity (Wildman–Crippen MR) is 91.1 cm³/mol. The number of rotatable bonds is 5. The fourth-order valence-corrected chi connectivity index (χ4v) is 2.94. The van der Waals surface area contributed by atoms with Gasteiger partial charge in [0.15, 0.2) is 22.4 Å². The van der Waals surface area contributed by atoms with Gasteiger partial charge in [0.2, 0.25) is 0 Å². The minimum Gasteiger partial charge on any atom is -0.496 e. The average molecular weight is 336 g/mol. The molecule has 7 heteroatoms. The number of Topliss-reactive ketones (excluding diaryl/α,β-unsaturated/α-hetero) is 1. The van der Waals surface area contributed by atoms with Gasteiger partial charge in [-0.1, -0.05) is 0 Å². The van der Waals surface area contributed by atoms with E-state index in [0.717, 1.165) is 11.3 Å². The van der Waals surface area contributed by atoms with Crippen LogP contribution in [-0.2, 0) is 4.79 Å². The SMILES string of the molecule is COc1cc(OC)c(C2NC(=S)NC(C)=C2C(C)=O)cc1OC. The van der Waals surface area contributed by atoms with Crippen molar-refractivity contribution in [2.75, 3.05) is 21.3 Å². The van der Waals surface area contributed by atoms with Crippen LogP contribution in [0, 0.1) is 0 Å². The standard InChI is InChI=1S/C16H20N2O4S/c1-8-14(9(2)19)15(18-16(23)17-8)10-6-12(21-4)13(22-5)7-11(10)20-3/h6-7,15H,1-5H3,(H2,17,18,23). The molecule has 1 heterocycles. The molecular weight excluding hydrogens is 316 g/mol. The third-order valence-electron chi connectivity index (χ3n) is 3.70. The van der Waals surface area contributed by atoms with Crippen molar-refractivity contribution >= 4 is 23.1 Å². The van der Waals surface area contributed by atoms with Crippen LogP contribution in [0.3, 0.4) is 0 Å². The molecule has 2 N–H and O–H groups in total. The Labute approximate surface area is 140 Å². The lowest BCUT2D eigenvalue weighted by atomic mass is 9.92. The van der Waals surface area contributed by atoms with Gasteiger partial charge in [0.25, 0.3) is 0 Å². The summed E-state index contributed by atoms with van der Waals surface area (Å²) in [5.41, 5.74) is 2.07. The lowest BCUT2D eigenvalue weighted by molar-refractivity contribution is -0.114. The zero-order valence-electron chi connectivity index (χ0n) is 13.8. The molecule has 2 rings (SSSR count). The second-order valence-electron chi connectivity index (χ2n) is 5.08. The number of benzene rings is 1. The van der Waals surface area contributed by atoms with E-state index in [1.807, 2.05) is 6.92 Å². The minimum absolute atomic E-state index is 0.0492. The summed E-state index contributed by atoms with van der Waals surface area (Å²) >= 11 is 5.22. The molecule has 0 aliphatic carbocycles. The summed E-state index contributed by atoms with van der Waals surface area (Å²) in [4.78, 5) is 12.1. The zero-order chi connectivity index (χ0) is 17.1. The number of hydrogen-bond donors (Lipinski definition) is 2. The summed E-state index contributed by atoms with van der Waals surface area (Å²) in [7, 11) is 4.68. The molecular formula is C16H20N2O4S. The van der Waals surface area contributed by atoms with Crippen molar-refractivity contribution in [1.29, 1.82) is 0 Å². The molecule has 0 aromatic heterocycles. The van der Waals surface area contributed by atoms with Crippen molar-refractivity contribution in [3.63, 3.8) is 0 Å². The van der Waals surface area contributed by atoms with E-state index in [1.165, 1.54) is 6.92 Å². The molecule has 1 aromatic rings. The van der Waals surface area contributed by atoms with Gasteiger partial charge in [0.1, 0.15) is 5.75 Å². The Morgan fingerprint density at radius 3 is 2.17 bits per heavy atom. The second kappa shape index (κ2) is 6.87. The number of carbonyl (C=O) groups excluding carboxylic acids is 1. The molecule has 1 aliphatic heterocycles. The zero-order valence-corrected chi connectivity index (χ0v) is 14.6. The Hall–Kier alpha value is -2.28. The summed E-state index contributed by atoms with van der Waals surface area (Å²) < 4.78 is 16.1. The van der Waals surface area contributed by atoms with Crippen LogP contribution in [-0.4, -0.2) is 32.2 Å². The van der Waals surface area contributed by atoms with Gasteiger partial charge in [-0.15, -0.1) is 0 Å². The predicted octanol–water partition coefficient (Wildman–Crippen LogP) is 2.09. The first-order valence-corrected chi connectivity index (χ1v) is 7.42. The fraction of sp³-hybridized carbons (Fsp3) is 0.375. The Kier molecular flexibility index (Phi) is 5.10. The Morgan fingerprint density at radius 1 is 1.09 bits per heavy atom. The van der Waals surface area contributed by atoms with Crippen molar-refractivity contribution in [2.24, 2.45) is 0 Å². The minimum atomic E-state index is -0.420. The van der Waals surface area contributed by atoms with E-state index in [0.29, 0.717) is 27.9 Å². The van der Waals surface area contributed by atoms with Crippen LogP contribution in [0.2, 0.25) is 0 Å². The molecule has 0 bridgehead atoms. The highest BCUT2D eigenvalue weighted by Gasteiger charge is 2.31. The summed E-state index contributed by atoms with van der Waals surface area (Å²) in [6.07, 6.45) is 0. The lowest BCUT2D eigenvalue weighted by Crippen LogP contribution is -2.44. The Balaban J connectivity index is 2.65. The van der Waals surface area contributed by atoms with E-state index in [1.54, 1.807) is 33.5 Å². The van der Waals surface area contributed by atoms with Crippen LogP contribution in [0.5, 0.6) is 17.2 Å². The van der Waals surface area contributed by atoms with Crippen LogP contribution in [0.25, 0.3) is 0 Å². The van der Waals surface area contributed by atoms with Gasteiger partial charge in [-0.2, -0.15) is 0 Å². The molecule has 23 heavy (non-hydrogen) atoms. The van der Waals surface area contributed by atoms with E-state index in [-0.39, 0.29) is 5.78 Å². The molecule has 0 radical (unpaired) electrons. The summed E-state index contributed by atoms with van der Waals surface area (Å²) in [5, 5.41) is 6.56. The lowest BCUT2D eigenvalue weighted by Gasteiger charge is -2.31. The van der Waals surface area contributed by atoms with Crippen molar-refractivity contribution < 1.29 is 19.0 Å². The largest absolute Gasteiger partial charge is 0.496 e. The topological polar surface area (TPSA) is 68.8 Å². The number of nitrogens with one attached hydrogen (secondary N) is 2. The number of ketones is 1.